The van der Waals surface area contributed by atoms with E-state index in [0.29, 0.717) is 13.1 Å². The Bertz CT molecular complexity index is 1010. The molecule has 4 nitrogen and oxygen atoms in total. The molecule has 0 saturated carbocycles. The summed E-state index contributed by atoms with van der Waals surface area (Å²) >= 11 is 0. The van der Waals surface area contributed by atoms with Crippen LogP contribution in [-0.2, 0) is 19.6 Å². The molecule has 1 aliphatic heterocycles. The van der Waals surface area contributed by atoms with E-state index < -0.39 is 0 Å². The minimum Gasteiger partial charge on any atom is -0.347 e. The second-order valence-electron chi connectivity index (χ2n) is 9.22. The largest absolute Gasteiger partial charge is 0.347 e. The van der Waals surface area contributed by atoms with Crippen molar-refractivity contribution in [1.82, 2.24) is 9.47 Å². The summed E-state index contributed by atoms with van der Waals surface area (Å²) in [5.74, 6) is 0.915. The molecule has 0 radical (unpaired) electrons. The number of nitrogens with two attached hydrogens (primary N) is 2. The number of likely N-dealkylation sites (tertiary alicyclic amines) is 1. The zero-order chi connectivity index (χ0) is 23.8. The van der Waals surface area contributed by atoms with E-state index in [0.717, 1.165) is 25.4 Å². The molecule has 1 fully saturated rings. The van der Waals surface area contributed by atoms with Gasteiger partial charge in [0.15, 0.2) is 0 Å². The molecular formula is C29H44N4. The van der Waals surface area contributed by atoms with E-state index >= 15 is 0 Å². The van der Waals surface area contributed by atoms with E-state index in [-0.39, 0.29) is 0 Å². The fourth-order valence-electron chi connectivity index (χ4n) is 5.07. The van der Waals surface area contributed by atoms with Gasteiger partial charge in [-0.2, -0.15) is 0 Å². The summed E-state index contributed by atoms with van der Waals surface area (Å²) in [6.45, 7) is 14.1. The van der Waals surface area contributed by atoms with Crippen molar-refractivity contribution in [2.75, 3.05) is 19.6 Å². The Balaban J connectivity index is 0.00000149. The van der Waals surface area contributed by atoms with E-state index in [2.05, 4.69) is 65.9 Å². The second kappa shape index (κ2) is 12.4. The highest BCUT2D eigenvalue weighted by Gasteiger charge is 2.19. The lowest BCUT2D eigenvalue weighted by Gasteiger charge is -2.31. The predicted molar refractivity (Wildman–Crippen MR) is 143 cm³/mol. The van der Waals surface area contributed by atoms with Crippen LogP contribution in [-0.4, -0.2) is 29.1 Å². The number of hydrogen-bond donors (Lipinski definition) is 2. The third-order valence-electron chi connectivity index (χ3n) is 7.01. The van der Waals surface area contributed by atoms with Crippen LogP contribution in [0.2, 0.25) is 0 Å². The molecule has 2 aromatic carbocycles. The van der Waals surface area contributed by atoms with E-state index in [1.807, 2.05) is 13.8 Å². The standard InChI is InChI=1S/C27H38N4.C2H6/c1-3-21-9-13-30(14-10-21)18-22-6-8-27-25(16-22)26(19-31(27)12-4-11-28)24-7-5-20(2)15-23(24)17-29;1-2/h5-8,15-16,19,21H,3-4,9-14,17-18,28-29H2,1-2H3;1-2H3. The maximum Gasteiger partial charge on any atom is 0.0486 e. The van der Waals surface area contributed by atoms with Gasteiger partial charge < -0.3 is 16.0 Å². The molecule has 180 valence electrons. The first-order valence-electron chi connectivity index (χ1n) is 13.0. The molecule has 0 aliphatic carbocycles. The molecule has 0 atom stereocenters. The molecule has 4 N–H and O–H groups in total. The van der Waals surface area contributed by atoms with Crippen LogP contribution in [0.4, 0.5) is 0 Å². The summed E-state index contributed by atoms with van der Waals surface area (Å²) < 4.78 is 2.37. The molecule has 2 heterocycles. The van der Waals surface area contributed by atoms with Gasteiger partial charge >= 0.3 is 0 Å². The summed E-state index contributed by atoms with van der Waals surface area (Å²) in [7, 11) is 0. The minimum atomic E-state index is 0.554. The van der Waals surface area contributed by atoms with Crippen LogP contribution in [0, 0.1) is 12.8 Å². The number of aryl methyl sites for hydroxylation is 2. The maximum atomic E-state index is 6.13. The zero-order valence-corrected chi connectivity index (χ0v) is 21.2. The Morgan fingerprint density at radius 1 is 0.970 bits per heavy atom. The second-order valence-corrected chi connectivity index (χ2v) is 9.22. The van der Waals surface area contributed by atoms with Gasteiger partial charge in [0.05, 0.1) is 0 Å². The molecule has 33 heavy (non-hydrogen) atoms. The number of piperidine rings is 1. The highest BCUT2D eigenvalue weighted by atomic mass is 15.1. The molecule has 1 aliphatic rings. The predicted octanol–water partition coefficient (Wildman–Crippen LogP) is 6.07. The highest BCUT2D eigenvalue weighted by Crippen LogP contribution is 2.34. The monoisotopic (exact) mass is 448 g/mol. The Hall–Kier alpha value is -2.14. The van der Waals surface area contributed by atoms with E-state index in [4.69, 9.17) is 11.5 Å². The van der Waals surface area contributed by atoms with Crippen molar-refractivity contribution in [3.8, 4) is 11.1 Å². The van der Waals surface area contributed by atoms with Crippen molar-refractivity contribution in [3.05, 3.63) is 59.3 Å². The van der Waals surface area contributed by atoms with Gasteiger partial charge in [-0.25, -0.2) is 0 Å². The Labute approximate surface area is 201 Å². The lowest BCUT2D eigenvalue weighted by Crippen LogP contribution is -2.32. The first kappa shape index (κ1) is 25.5. The van der Waals surface area contributed by atoms with Crippen LogP contribution in [0.15, 0.2) is 42.6 Å². The molecule has 4 heteroatoms. The number of benzene rings is 2. The van der Waals surface area contributed by atoms with Crippen LogP contribution >= 0.6 is 0 Å². The van der Waals surface area contributed by atoms with Crippen LogP contribution in [0.5, 0.6) is 0 Å². The summed E-state index contributed by atoms with van der Waals surface area (Å²) in [5.41, 5.74) is 19.7. The lowest BCUT2D eigenvalue weighted by molar-refractivity contribution is 0.175. The van der Waals surface area contributed by atoms with Gasteiger partial charge in [0, 0.05) is 42.3 Å². The van der Waals surface area contributed by atoms with Crippen molar-refractivity contribution in [2.24, 2.45) is 17.4 Å². The average molecular weight is 449 g/mol. The fraction of sp³-hybridized carbons (Fsp3) is 0.517. The van der Waals surface area contributed by atoms with E-state index in [9.17, 15) is 0 Å². The van der Waals surface area contributed by atoms with Crippen LogP contribution in [0.3, 0.4) is 0 Å². The normalized spacial score (nSPS) is 15.0. The Kier molecular flexibility index (Phi) is 9.54. The van der Waals surface area contributed by atoms with Crippen LogP contribution < -0.4 is 11.5 Å². The van der Waals surface area contributed by atoms with Crippen molar-refractivity contribution >= 4 is 10.9 Å². The molecular weight excluding hydrogens is 404 g/mol. The zero-order valence-electron chi connectivity index (χ0n) is 21.2. The molecule has 0 spiro atoms. The SMILES string of the molecule is CC.CCC1CCN(Cc2ccc3c(c2)c(-c2ccc(C)cc2CN)cn3CCCN)CC1. The number of hydrogen-bond acceptors (Lipinski definition) is 3. The minimum absolute atomic E-state index is 0.554. The number of rotatable bonds is 8. The van der Waals surface area contributed by atoms with Gasteiger partial charge in [0.1, 0.15) is 0 Å². The Morgan fingerprint density at radius 3 is 2.39 bits per heavy atom. The van der Waals surface area contributed by atoms with Crippen molar-refractivity contribution in [2.45, 2.75) is 73.0 Å². The summed E-state index contributed by atoms with van der Waals surface area (Å²) in [6, 6.07) is 13.7. The van der Waals surface area contributed by atoms with Crippen molar-refractivity contribution in [1.29, 1.82) is 0 Å². The summed E-state index contributed by atoms with van der Waals surface area (Å²) in [5, 5.41) is 1.33. The number of aromatic nitrogens is 1. The van der Waals surface area contributed by atoms with Crippen LogP contribution in [0.25, 0.3) is 22.0 Å². The van der Waals surface area contributed by atoms with E-state index in [1.165, 1.54) is 71.1 Å². The molecule has 1 saturated heterocycles. The first-order valence-corrected chi connectivity index (χ1v) is 13.0. The molecule has 4 rings (SSSR count). The quantitative estimate of drug-likeness (QED) is 0.439. The van der Waals surface area contributed by atoms with Gasteiger partial charge in [0.25, 0.3) is 0 Å². The number of nitrogens with zero attached hydrogens (tertiary/aromatic N) is 2. The third-order valence-corrected chi connectivity index (χ3v) is 7.01. The third kappa shape index (κ3) is 6.06. The summed E-state index contributed by atoms with van der Waals surface area (Å²) in [6.07, 6.45) is 7.28. The fourth-order valence-corrected chi connectivity index (χ4v) is 5.07. The topological polar surface area (TPSA) is 60.2 Å². The lowest BCUT2D eigenvalue weighted by atomic mass is 9.94. The molecule has 0 unspecified atom stereocenters. The number of fused-ring (bicyclic) bond motifs is 1. The first-order chi connectivity index (χ1) is 16.1. The van der Waals surface area contributed by atoms with Gasteiger partial charge in [-0.15, -0.1) is 0 Å². The van der Waals surface area contributed by atoms with Gasteiger partial charge in [-0.3, -0.25) is 4.90 Å². The van der Waals surface area contributed by atoms with Gasteiger partial charge in [-0.1, -0.05) is 57.0 Å². The molecule has 3 aromatic rings. The molecule has 1 aromatic heterocycles. The van der Waals surface area contributed by atoms with Gasteiger partial charge in [0.2, 0.25) is 0 Å². The average Bonchev–Trinajstić information content (AvgIpc) is 3.22. The van der Waals surface area contributed by atoms with Crippen molar-refractivity contribution in [3.63, 3.8) is 0 Å². The Morgan fingerprint density at radius 2 is 1.73 bits per heavy atom. The molecule has 0 amide bonds. The maximum absolute atomic E-state index is 6.13. The van der Waals surface area contributed by atoms with Crippen molar-refractivity contribution < 1.29 is 0 Å². The van der Waals surface area contributed by atoms with E-state index in [1.54, 1.807) is 0 Å². The van der Waals surface area contributed by atoms with Crippen LogP contribution in [0.1, 0.15) is 63.1 Å². The summed E-state index contributed by atoms with van der Waals surface area (Å²) in [4.78, 5) is 2.62. The molecule has 0 bridgehead atoms. The highest BCUT2D eigenvalue weighted by molar-refractivity contribution is 5.97. The smallest absolute Gasteiger partial charge is 0.0486 e. The van der Waals surface area contributed by atoms with Gasteiger partial charge in [-0.05, 0) is 80.6 Å².